The number of para-hydroxylation sites is 1. The Balaban J connectivity index is 1.86. The topological polar surface area (TPSA) is 90.1 Å². The van der Waals surface area contributed by atoms with E-state index in [-0.39, 0.29) is 11.3 Å². The molecule has 0 unspecified atom stereocenters. The van der Waals surface area contributed by atoms with E-state index in [1.807, 2.05) is 0 Å². The van der Waals surface area contributed by atoms with E-state index in [2.05, 4.69) is 10.4 Å². The quantitative estimate of drug-likeness (QED) is 0.503. The molecule has 0 saturated carbocycles. The molecule has 2 aromatic rings. The van der Waals surface area contributed by atoms with Crippen LogP contribution in [0.3, 0.4) is 0 Å². The molecule has 0 bridgehead atoms. The van der Waals surface area contributed by atoms with Crippen LogP contribution in [0.1, 0.15) is 16.8 Å². The van der Waals surface area contributed by atoms with Gasteiger partial charge in [-0.25, -0.2) is 0 Å². The number of nitro groups is 1. The lowest BCUT2D eigenvalue weighted by Crippen LogP contribution is -2.26. The standard InChI is InChI=1S/C13H13ClN4O3/c14-10-8-16-17(9-10)7-3-6-15-13(19)11-4-1-2-5-12(11)18(20)21/h1-2,4-5,8-9H,3,6-7H2,(H,15,19). The van der Waals surface area contributed by atoms with Crippen molar-refractivity contribution in [1.82, 2.24) is 15.1 Å². The molecule has 0 aliphatic heterocycles. The molecule has 0 aliphatic carbocycles. The third kappa shape index (κ3) is 4.03. The van der Waals surface area contributed by atoms with Crippen LogP contribution >= 0.6 is 11.6 Å². The van der Waals surface area contributed by atoms with Crippen LogP contribution in [0.2, 0.25) is 5.02 Å². The number of amides is 1. The summed E-state index contributed by atoms with van der Waals surface area (Å²) in [5.74, 6) is -0.458. The second-order valence-electron chi connectivity index (χ2n) is 4.31. The summed E-state index contributed by atoms with van der Waals surface area (Å²) < 4.78 is 1.67. The number of nitrogens with zero attached hydrogens (tertiary/aromatic N) is 3. The summed E-state index contributed by atoms with van der Waals surface area (Å²) in [4.78, 5) is 22.2. The number of hydrogen-bond acceptors (Lipinski definition) is 4. The van der Waals surface area contributed by atoms with Crippen LogP contribution in [0.15, 0.2) is 36.7 Å². The highest BCUT2D eigenvalue weighted by molar-refractivity contribution is 6.30. The first-order valence-electron chi connectivity index (χ1n) is 6.27. The van der Waals surface area contributed by atoms with Crippen molar-refractivity contribution in [3.63, 3.8) is 0 Å². The van der Waals surface area contributed by atoms with Crippen LogP contribution in [-0.2, 0) is 6.54 Å². The van der Waals surface area contributed by atoms with Gasteiger partial charge in [0, 0.05) is 25.4 Å². The minimum atomic E-state index is -0.569. The first kappa shape index (κ1) is 15.0. The van der Waals surface area contributed by atoms with E-state index in [4.69, 9.17) is 11.6 Å². The highest BCUT2D eigenvalue weighted by atomic mass is 35.5. The lowest BCUT2D eigenvalue weighted by atomic mass is 10.1. The summed E-state index contributed by atoms with van der Waals surface area (Å²) in [6, 6.07) is 5.85. The second kappa shape index (κ2) is 6.85. The number of benzene rings is 1. The maximum atomic E-state index is 11.9. The van der Waals surface area contributed by atoms with Gasteiger partial charge >= 0.3 is 0 Å². The summed E-state index contributed by atoms with van der Waals surface area (Å²) in [5.41, 5.74) is -0.140. The predicted molar refractivity (Wildman–Crippen MR) is 77.3 cm³/mol. The molecule has 0 saturated heterocycles. The lowest BCUT2D eigenvalue weighted by Gasteiger charge is -2.06. The van der Waals surface area contributed by atoms with Crippen molar-refractivity contribution in [2.24, 2.45) is 0 Å². The van der Waals surface area contributed by atoms with Gasteiger partial charge in [-0.05, 0) is 12.5 Å². The molecule has 0 atom stereocenters. The molecule has 1 heterocycles. The van der Waals surface area contributed by atoms with E-state index in [0.717, 1.165) is 0 Å². The van der Waals surface area contributed by atoms with Crippen molar-refractivity contribution in [1.29, 1.82) is 0 Å². The third-order valence-corrected chi connectivity index (χ3v) is 2.99. The minimum Gasteiger partial charge on any atom is -0.352 e. The molecule has 0 radical (unpaired) electrons. The van der Waals surface area contributed by atoms with Crippen molar-refractivity contribution in [3.8, 4) is 0 Å². The van der Waals surface area contributed by atoms with Gasteiger partial charge in [0.1, 0.15) is 5.56 Å². The average molecular weight is 309 g/mol. The number of nitrogens with one attached hydrogen (secondary N) is 1. The molecule has 2 rings (SSSR count). The summed E-state index contributed by atoms with van der Waals surface area (Å²) in [7, 11) is 0. The van der Waals surface area contributed by atoms with Gasteiger partial charge in [-0.3, -0.25) is 19.6 Å². The zero-order valence-electron chi connectivity index (χ0n) is 11.0. The number of carbonyl (C=O) groups excluding carboxylic acids is 1. The molecule has 0 fully saturated rings. The zero-order chi connectivity index (χ0) is 15.2. The maximum Gasteiger partial charge on any atom is 0.282 e. The van der Waals surface area contributed by atoms with Crippen LogP contribution < -0.4 is 5.32 Å². The smallest absolute Gasteiger partial charge is 0.282 e. The number of nitro benzene ring substituents is 1. The molecule has 110 valence electrons. The number of halogens is 1. The molecule has 0 spiro atoms. The molecule has 0 aliphatic rings. The number of carbonyl (C=O) groups is 1. The van der Waals surface area contributed by atoms with E-state index in [0.29, 0.717) is 24.5 Å². The number of hydrogen-bond donors (Lipinski definition) is 1. The largest absolute Gasteiger partial charge is 0.352 e. The van der Waals surface area contributed by atoms with Gasteiger partial charge < -0.3 is 5.32 Å². The molecule has 1 N–H and O–H groups in total. The summed E-state index contributed by atoms with van der Waals surface area (Å²) >= 11 is 5.73. The highest BCUT2D eigenvalue weighted by Gasteiger charge is 2.18. The fraction of sp³-hybridized carbons (Fsp3) is 0.231. The molecule has 1 aromatic heterocycles. The Labute approximate surface area is 125 Å². The Morgan fingerprint density at radius 2 is 2.19 bits per heavy atom. The van der Waals surface area contributed by atoms with Gasteiger partial charge in [-0.15, -0.1) is 0 Å². The van der Waals surface area contributed by atoms with Gasteiger partial charge in [-0.1, -0.05) is 23.7 Å². The normalized spacial score (nSPS) is 10.3. The first-order valence-corrected chi connectivity index (χ1v) is 6.65. The summed E-state index contributed by atoms with van der Waals surface area (Å²) in [5, 5.41) is 18.1. The molecular formula is C13H13ClN4O3. The van der Waals surface area contributed by atoms with E-state index in [1.165, 1.54) is 24.4 Å². The molecule has 7 nitrogen and oxygen atoms in total. The fourth-order valence-electron chi connectivity index (χ4n) is 1.82. The van der Waals surface area contributed by atoms with Crippen molar-refractivity contribution < 1.29 is 9.72 Å². The lowest BCUT2D eigenvalue weighted by molar-refractivity contribution is -0.385. The molecule has 8 heteroatoms. The third-order valence-electron chi connectivity index (χ3n) is 2.80. The Morgan fingerprint density at radius 3 is 2.86 bits per heavy atom. The van der Waals surface area contributed by atoms with Crippen LogP contribution in [0.25, 0.3) is 0 Å². The van der Waals surface area contributed by atoms with E-state index in [1.54, 1.807) is 16.9 Å². The van der Waals surface area contributed by atoms with Crippen molar-refractivity contribution in [3.05, 3.63) is 57.4 Å². The maximum absolute atomic E-state index is 11.9. The van der Waals surface area contributed by atoms with Crippen LogP contribution in [-0.4, -0.2) is 27.2 Å². The van der Waals surface area contributed by atoms with Crippen LogP contribution in [0.4, 0.5) is 5.69 Å². The van der Waals surface area contributed by atoms with Crippen molar-refractivity contribution in [2.75, 3.05) is 6.54 Å². The summed E-state index contributed by atoms with van der Waals surface area (Å²) in [6.07, 6.45) is 3.86. The van der Waals surface area contributed by atoms with Crippen LogP contribution in [0.5, 0.6) is 0 Å². The zero-order valence-corrected chi connectivity index (χ0v) is 11.8. The Kier molecular flexibility index (Phi) is 4.89. The van der Waals surface area contributed by atoms with E-state index in [9.17, 15) is 14.9 Å². The molecule has 1 aromatic carbocycles. The highest BCUT2D eigenvalue weighted by Crippen LogP contribution is 2.17. The second-order valence-corrected chi connectivity index (χ2v) is 4.74. The molecular weight excluding hydrogens is 296 g/mol. The molecule has 21 heavy (non-hydrogen) atoms. The summed E-state index contributed by atoms with van der Waals surface area (Å²) in [6.45, 7) is 0.992. The minimum absolute atomic E-state index is 0.0598. The van der Waals surface area contributed by atoms with E-state index < -0.39 is 10.8 Å². The van der Waals surface area contributed by atoms with Crippen LogP contribution in [0, 0.1) is 10.1 Å². The molecule has 1 amide bonds. The van der Waals surface area contributed by atoms with Gasteiger partial charge in [-0.2, -0.15) is 5.10 Å². The first-order chi connectivity index (χ1) is 10.1. The average Bonchev–Trinajstić information content (AvgIpc) is 2.89. The Hall–Kier alpha value is -2.41. The number of rotatable bonds is 6. The Bertz CT molecular complexity index is 656. The van der Waals surface area contributed by atoms with Crippen molar-refractivity contribution >= 4 is 23.2 Å². The predicted octanol–water partition coefficient (Wildman–Crippen LogP) is 2.26. The van der Waals surface area contributed by atoms with Gasteiger partial charge in [0.25, 0.3) is 11.6 Å². The van der Waals surface area contributed by atoms with E-state index >= 15 is 0 Å². The van der Waals surface area contributed by atoms with Gasteiger partial charge in [0.05, 0.1) is 16.1 Å². The fourth-order valence-corrected chi connectivity index (χ4v) is 1.98. The number of aryl methyl sites for hydroxylation is 1. The van der Waals surface area contributed by atoms with Crippen molar-refractivity contribution in [2.45, 2.75) is 13.0 Å². The van der Waals surface area contributed by atoms with Gasteiger partial charge in [0.15, 0.2) is 0 Å². The van der Waals surface area contributed by atoms with Gasteiger partial charge in [0.2, 0.25) is 0 Å². The monoisotopic (exact) mass is 308 g/mol. The SMILES string of the molecule is O=C(NCCCn1cc(Cl)cn1)c1ccccc1[N+](=O)[O-]. The number of aromatic nitrogens is 2. The Morgan fingerprint density at radius 1 is 1.43 bits per heavy atom.